The summed E-state index contributed by atoms with van der Waals surface area (Å²) in [7, 11) is 0. The molecule has 1 amide bonds. The Morgan fingerprint density at radius 3 is 3.35 bits per heavy atom. The van der Waals surface area contributed by atoms with Crippen LogP contribution >= 0.6 is 0 Å². The summed E-state index contributed by atoms with van der Waals surface area (Å²) in [4.78, 5) is 19.0. The predicted octanol–water partition coefficient (Wildman–Crippen LogP) is 1.08. The predicted molar refractivity (Wildman–Crippen MR) is 71.9 cm³/mol. The van der Waals surface area contributed by atoms with E-state index in [0.29, 0.717) is 23.7 Å². The van der Waals surface area contributed by atoms with E-state index in [1.54, 1.807) is 6.07 Å². The maximum atomic E-state index is 11.9. The molecule has 1 aliphatic heterocycles. The smallest absolute Gasteiger partial charge is 0.267 e. The standard InChI is InChI=1S/C14H15N5O/c15-6-11-5-12(17-8-11)14(20)18-7-10-1-2-13-16-3-4-19(13)9-10/h3-5,8,10,17H,1-2,7,9H2,(H,18,20)/t10-/m1/s1. The van der Waals surface area contributed by atoms with Gasteiger partial charge in [-0.2, -0.15) is 5.26 Å². The fourth-order valence-electron chi connectivity index (χ4n) is 2.53. The van der Waals surface area contributed by atoms with Gasteiger partial charge in [0.2, 0.25) is 0 Å². The second-order valence-electron chi connectivity index (χ2n) is 5.02. The Balaban J connectivity index is 1.55. The van der Waals surface area contributed by atoms with Crippen LogP contribution in [0.1, 0.15) is 28.3 Å². The van der Waals surface area contributed by atoms with Gasteiger partial charge < -0.3 is 14.9 Å². The minimum absolute atomic E-state index is 0.164. The molecule has 0 saturated carbocycles. The molecule has 3 heterocycles. The summed E-state index contributed by atoms with van der Waals surface area (Å²) < 4.78 is 2.14. The Bertz CT molecular complexity index is 663. The van der Waals surface area contributed by atoms with Gasteiger partial charge in [-0.25, -0.2) is 4.98 Å². The molecule has 0 saturated heterocycles. The number of fused-ring (bicyclic) bond motifs is 1. The lowest BCUT2D eigenvalue weighted by Gasteiger charge is -2.23. The summed E-state index contributed by atoms with van der Waals surface area (Å²) in [5.74, 6) is 1.38. The number of hydrogen-bond donors (Lipinski definition) is 2. The maximum absolute atomic E-state index is 11.9. The average molecular weight is 269 g/mol. The molecular weight excluding hydrogens is 254 g/mol. The largest absolute Gasteiger partial charge is 0.356 e. The van der Waals surface area contributed by atoms with E-state index in [9.17, 15) is 4.79 Å². The second-order valence-corrected chi connectivity index (χ2v) is 5.02. The third-order valence-electron chi connectivity index (χ3n) is 3.64. The van der Waals surface area contributed by atoms with Gasteiger partial charge in [0.25, 0.3) is 5.91 Å². The number of aromatic amines is 1. The van der Waals surface area contributed by atoms with Crippen LogP contribution in [0.3, 0.4) is 0 Å². The molecule has 0 aliphatic carbocycles. The van der Waals surface area contributed by atoms with Crippen molar-refractivity contribution in [2.75, 3.05) is 6.54 Å². The van der Waals surface area contributed by atoms with Crippen molar-refractivity contribution in [2.45, 2.75) is 19.4 Å². The zero-order chi connectivity index (χ0) is 13.9. The molecule has 0 bridgehead atoms. The van der Waals surface area contributed by atoms with Crippen molar-refractivity contribution >= 4 is 5.91 Å². The monoisotopic (exact) mass is 269 g/mol. The number of hydrogen-bond acceptors (Lipinski definition) is 3. The van der Waals surface area contributed by atoms with E-state index in [1.807, 2.05) is 18.5 Å². The third-order valence-corrected chi connectivity index (χ3v) is 3.64. The summed E-state index contributed by atoms with van der Waals surface area (Å²) in [6.45, 7) is 1.53. The molecule has 6 heteroatoms. The highest BCUT2D eigenvalue weighted by Gasteiger charge is 2.19. The van der Waals surface area contributed by atoms with Crippen LogP contribution in [0.2, 0.25) is 0 Å². The van der Waals surface area contributed by atoms with Crippen molar-refractivity contribution in [3.8, 4) is 6.07 Å². The van der Waals surface area contributed by atoms with Gasteiger partial charge in [-0.3, -0.25) is 4.79 Å². The Labute approximate surface area is 116 Å². The lowest BCUT2D eigenvalue weighted by molar-refractivity contribution is 0.0939. The van der Waals surface area contributed by atoms with Crippen molar-refractivity contribution in [3.63, 3.8) is 0 Å². The topological polar surface area (TPSA) is 86.5 Å². The Kier molecular flexibility index (Phi) is 3.25. The van der Waals surface area contributed by atoms with Crippen LogP contribution in [0.5, 0.6) is 0 Å². The summed E-state index contributed by atoms with van der Waals surface area (Å²) >= 11 is 0. The van der Waals surface area contributed by atoms with Crippen LogP contribution in [0.25, 0.3) is 0 Å². The normalized spacial score (nSPS) is 17.2. The molecule has 2 aromatic rings. The molecule has 20 heavy (non-hydrogen) atoms. The summed E-state index contributed by atoms with van der Waals surface area (Å²) in [6.07, 6.45) is 7.32. The van der Waals surface area contributed by atoms with Gasteiger partial charge in [-0.15, -0.1) is 0 Å². The van der Waals surface area contributed by atoms with E-state index < -0.39 is 0 Å². The van der Waals surface area contributed by atoms with Gasteiger partial charge in [0.1, 0.15) is 17.6 Å². The molecule has 3 rings (SSSR count). The molecule has 0 aromatic carbocycles. The Hall–Kier alpha value is -2.55. The van der Waals surface area contributed by atoms with Gasteiger partial charge in [0, 0.05) is 38.1 Å². The number of rotatable bonds is 3. The van der Waals surface area contributed by atoms with Crippen LogP contribution in [0.15, 0.2) is 24.7 Å². The van der Waals surface area contributed by atoms with E-state index in [2.05, 4.69) is 19.9 Å². The summed E-state index contributed by atoms with van der Waals surface area (Å²) in [5.41, 5.74) is 0.900. The Morgan fingerprint density at radius 2 is 2.55 bits per heavy atom. The molecule has 2 N–H and O–H groups in total. The van der Waals surface area contributed by atoms with Crippen molar-refractivity contribution in [1.82, 2.24) is 19.9 Å². The third kappa shape index (κ3) is 2.43. The minimum atomic E-state index is -0.164. The van der Waals surface area contributed by atoms with Gasteiger partial charge in [-0.1, -0.05) is 0 Å². The van der Waals surface area contributed by atoms with Crippen LogP contribution in [-0.4, -0.2) is 27.0 Å². The van der Waals surface area contributed by atoms with Crippen LogP contribution in [-0.2, 0) is 13.0 Å². The van der Waals surface area contributed by atoms with E-state index in [1.165, 1.54) is 6.20 Å². The number of carbonyl (C=O) groups is 1. The number of aryl methyl sites for hydroxylation is 1. The number of imidazole rings is 1. The van der Waals surface area contributed by atoms with Crippen molar-refractivity contribution in [3.05, 3.63) is 41.7 Å². The first kappa shape index (κ1) is 12.5. The van der Waals surface area contributed by atoms with Crippen LogP contribution in [0.4, 0.5) is 0 Å². The molecule has 0 fully saturated rings. The first-order valence-corrected chi connectivity index (χ1v) is 6.63. The number of aromatic nitrogens is 3. The van der Waals surface area contributed by atoms with Gasteiger partial charge in [-0.05, 0) is 18.4 Å². The van der Waals surface area contributed by atoms with E-state index >= 15 is 0 Å². The first-order valence-electron chi connectivity index (χ1n) is 6.63. The molecule has 6 nitrogen and oxygen atoms in total. The van der Waals surface area contributed by atoms with Gasteiger partial charge in [0.05, 0.1) is 5.56 Å². The number of nitrogens with zero attached hydrogens (tertiary/aromatic N) is 3. The lowest BCUT2D eigenvalue weighted by Crippen LogP contribution is -2.33. The maximum Gasteiger partial charge on any atom is 0.267 e. The second kappa shape index (κ2) is 5.21. The first-order chi connectivity index (χ1) is 9.76. The average Bonchev–Trinajstić information content (AvgIpc) is 3.12. The fourth-order valence-corrected chi connectivity index (χ4v) is 2.53. The number of amides is 1. The van der Waals surface area contributed by atoms with E-state index in [0.717, 1.165) is 25.2 Å². The Morgan fingerprint density at radius 1 is 1.65 bits per heavy atom. The van der Waals surface area contributed by atoms with Crippen molar-refractivity contribution in [1.29, 1.82) is 5.26 Å². The zero-order valence-electron chi connectivity index (χ0n) is 11.0. The number of nitrogens with one attached hydrogen (secondary N) is 2. The van der Waals surface area contributed by atoms with Crippen LogP contribution in [0, 0.1) is 17.2 Å². The highest BCUT2D eigenvalue weighted by Crippen LogP contribution is 2.18. The molecule has 0 spiro atoms. The van der Waals surface area contributed by atoms with Crippen molar-refractivity contribution in [2.24, 2.45) is 5.92 Å². The molecule has 1 aliphatic rings. The summed E-state index contributed by atoms with van der Waals surface area (Å²) in [5, 5.41) is 11.6. The number of H-pyrrole nitrogens is 1. The SMILES string of the molecule is N#Cc1c[nH]c(C(=O)NC[C@H]2CCc3nccn3C2)c1. The van der Waals surface area contributed by atoms with E-state index in [-0.39, 0.29) is 5.91 Å². The molecule has 102 valence electrons. The highest BCUT2D eigenvalue weighted by molar-refractivity contribution is 5.92. The number of nitriles is 1. The lowest BCUT2D eigenvalue weighted by atomic mass is 9.99. The van der Waals surface area contributed by atoms with E-state index in [4.69, 9.17) is 5.26 Å². The molecular formula is C14H15N5O. The molecule has 0 radical (unpaired) electrons. The van der Waals surface area contributed by atoms with Gasteiger partial charge in [0.15, 0.2) is 0 Å². The molecule has 0 unspecified atom stereocenters. The van der Waals surface area contributed by atoms with Crippen LogP contribution < -0.4 is 5.32 Å². The molecule has 2 aromatic heterocycles. The number of carbonyl (C=O) groups excluding carboxylic acids is 1. The fraction of sp³-hybridized carbons (Fsp3) is 0.357. The minimum Gasteiger partial charge on any atom is -0.356 e. The van der Waals surface area contributed by atoms with Crippen molar-refractivity contribution < 1.29 is 4.79 Å². The summed E-state index contributed by atoms with van der Waals surface area (Å²) in [6, 6.07) is 3.55. The quantitative estimate of drug-likeness (QED) is 0.874. The highest BCUT2D eigenvalue weighted by atomic mass is 16.1. The zero-order valence-corrected chi connectivity index (χ0v) is 11.0. The molecule has 1 atom stereocenters. The van der Waals surface area contributed by atoms with Gasteiger partial charge >= 0.3 is 0 Å².